The maximum Gasteiger partial charge on any atom is 0.339 e. The number of hydrogen-bond donors (Lipinski definition) is 1. The van der Waals surface area contributed by atoms with Crippen molar-refractivity contribution in [1.82, 2.24) is 9.80 Å². The van der Waals surface area contributed by atoms with Gasteiger partial charge in [-0.1, -0.05) is 42.5 Å². The predicted molar refractivity (Wildman–Crippen MR) is 147 cm³/mol. The van der Waals surface area contributed by atoms with Crippen LogP contribution in [0.1, 0.15) is 33.2 Å². The SMILES string of the molecule is COC(=O)c1ccc(-c2ccccc2)cc1NC(=O)c1cc(OCCN2CCN(C(C)=O)CC2)ccc1C. The number of ether oxygens (including phenoxy) is 2. The Kier molecular flexibility index (Phi) is 8.76. The summed E-state index contributed by atoms with van der Waals surface area (Å²) in [5, 5.41) is 2.91. The first-order valence-electron chi connectivity index (χ1n) is 12.7. The molecule has 1 fully saturated rings. The number of nitrogens with zero attached hydrogens (tertiary/aromatic N) is 2. The van der Waals surface area contributed by atoms with Crippen molar-refractivity contribution in [3.05, 3.63) is 83.4 Å². The van der Waals surface area contributed by atoms with Crippen LogP contribution in [0.5, 0.6) is 5.75 Å². The normalized spacial score (nSPS) is 13.6. The van der Waals surface area contributed by atoms with Crippen LogP contribution in [-0.2, 0) is 9.53 Å². The van der Waals surface area contributed by atoms with Gasteiger partial charge in [-0.15, -0.1) is 0 Å². The summed E-state index contributed by atoms with van der Waals surface area (Å²) in [5.74, 6) is -0.173. The second kappa shape index (κ2) is 12.4. The zero-order valence-corrected chi connectivity index (χ0v) is 22.0. The van der Waals surface area contributed by atoms with Gasteiger partial charge >= 0.3 is 5.97 Å². The highest BCUT2D eigenvalue weighted by molar-refractivity contribution is 6.09. The topological polar surface area (TPSA) is 88.2 Å². The minimum Gasteiger partial charge on any atom is -0.492 e. The highest BCUT2D eigenvalue weighted by Gasteiger charge is 2.19. The van der Waals surface area contributed by atoms with Crippen LogP contribution in [0.25, 0.3) is 11.1 Å². The minimum absolute atomic E-state index is 0.108. The summed E-state index contributed by atoms with van der Waals surface area (Å²) in [5.41, 5.74) is 3.72. The summed E-state index contributed by atoms with van der Waals surface area (Å²) in [4.78, 5) is 41.4. The first-order valence-corrected chi connectivity index (χ1v) is 12.7. The number of benzene rings is 3. The fraction of sp³-hybridized carbons (Fsp3) is 0.300. The Morgan fingerprint density at radius 2 is 1.61 bits per heavy atom. The molecule has 0 saturated carbocycles. The van der Waals surface area contributed by atoms with Crippen LogP contribution in [0.3, 0.4) is 0 Å². The van der Waals surface area contributed by atoms with Crippen molar-refractivity contribution in [3.8, 4) is 16.9 Å². The molecule has 0 bridgehead atoms. The molecule has 198 valence electrons. The van der Waals surface area contributed by atoms with Crippen LogP contribution >= 0.6 is 0 Å². The van der Waals surface area contributed by atoms with Crippen molar-refractivity contribution in [1.29, 1.82) is 0 Å². The Hall–Kier alpha value is -4.17. The van der Waals surface area contributed by atoms with E-state index in [-0.39, 0.29) is 17.4 Å². The molecule has 1 aliphatic heterocycles. The Morgan fingerprint density at radius 3 is 2.29 bits per heavy atom. The molecule has 1 aliphatic rings. The van der Waals surface area contributed by atoms with Gasteiger partial charge in [0.15, 0.2) is 0 Å². The third kappa shape index (κ3) is 6.58. The van der Waals surface area contributed by atoms with Gasteiger partial charge in [0.25, 0.3) is 5.91 Å². The molecule has 0 atom stereocenters. The summed E-state index contributed by atoms with van der Waals surface area (Å²) < 4.78 is 10.9. The monoisotopic (exact) mass is 515 g/mol. The lowest BCUT2D eigenvalue weighted by Gasteiger charge is -2.34. The number of carbonyl (C=O) groups is 3. The van der Waals surface area contributed by atoms with Gasteiger partial charge in [-0.3, -0.25) is 14.5 Å². The van der Waals surface area contributed by atoms with Gasteiger partial charge in [-0.05, 0) is 47.9 Å². The summed E-state index contributed by atoms with van der Waals surface area (Å²) in [6.45, 7) is 7.73. The predicted octanol–water partition coefficient (Wildman–Crippen LogP) is 4.24. The van der Waals surface area contributed by atoms with Gasteiger partial charge in [0.05, 0.1) is 18.4 Å². The van der Waals surface area contributed by atoms with Crippen molar-refractivity contribution < 1.29 is 23.9 Å². The van der Waals surface area contributed by atoms with Crippen molar-refractivity contribution in [2.45, 2.75) is 13.8 Å². The molecule has 3 aromatic rings. The third-order valence-corrected chi connectivity index (χ3v) is 6.73. The van der Waals surface area contributed by atoms with Crippen LogP contribution < -0.4 is 10.1 Å². The highest BCUT2D eigenvalue weighted by Crippen LogP contribution is 2.27. The molecule has 4 rings (SSSR count). The van der Waals surface area contributed by atoms with Gasteiger partial charge in [0, 0.05) is 45.2 Å². The summed E-state index contributed by atoms with van der Waals surface area (Å²) in [7, 11) is 1.31. The first kappa shape index (κ1) is 26.9. The van der Waals surface area contributed by atoms with Gasteiger partial charge in [0.1, 0.15) is 12.4 Å². The lowest BCUT2D eigenvalue weighted by Crippen LogP contribution is -2.48. The number of aryl methyl sites for hydroxylation is 1. The van der Waals surface area contributed by atoms with Crippen LogP contribution in [0.15, 0.2) is 66.7 Å². The number of methoxy groups -OCH3 is 1. The average Bonchev–Trinajstić information content (AvgIpc) is 2.94. The van der Waals surface area contributed by atoms with Crippen molar-refractivity contribution in [3.63, 3.8) is 0 Å². The molecule has 1 heterocycles. The molecule has 2 amide bonds. The van der Waals surface area contributed by atoms with E-state index in [1.54, 1.807) is 25.1 Å². The van der Waals surface area contributed by atoms with E-state index in [1.807, 2.05) is 60.4 Å². The van der Waals surface area contributed by atoms with E-state index in [9.17, 15) is 14.4 Å². The molecule has 0 spiro atoms. The number of amides is 2. The van der Waals surface area contributed by atoms with E-state index in [0.717, 1.165) is 49.4 Å². The van der Waals surface area contributed by atoms with Crippen LogP contribution in [0, 0.1) is 6.92 Å². The van der Waals surface area contributed by atoms with E-state index in [4.69, 9.17) is 9.47 Å². The number of hydrogen-bond acceptors (Lipinski definition) is 6. The van der Waals surface area contributed by atoms with Crippen LogP contribution in [-0.4, -0.2) is 74.0 Å². The summed E-state index contributed by atoms with van der Waals surface area (Å²) in [6, 6.07) is 20.4. The standard InChI is InChI=1S/C30H33N3O5/c1-21-9-11-25(38-18-17-32-13-15-33(16-14-32)22(2)34)20-27(21)29(35)31-28-19-24(23-7-5-4-6-8-23)10-12-26(28)30(36)37-3/h4-12,19-20H,13-18H2,1-3H3,(H,31,35). The lowest BCUT2D eigenvalue weighted by molar-refractivity contribution is -0.130. The quantitative estimate of drug-likeness (QED) is 0.452. The fourth-order valence-corrected chi connectivity index (χ4v) is 4.45. The molecular weight excluding hydrogens is 482 g/mol. The second-order valence-corrected chi connectivity index (χ2v) is 9.24. The second-order valence-electron chi connectivity index (χ2n) is 9.24. The average molecular weight is 516 g/mol. The largest absolute Gasteiger partial charge is 0.492 e. The van der Waals surface area contributed by atoms with Gasteiger partial charge < -0.3 is 19.7 Å². The van der Waals surface area contributed by atoms with Crippen LogP contribution in [0.4, 0.5) is 5.69 Å². The molecule has 38 heavy (non-hydrogen) atoms. The summed E-state index contributed by atoms with van der Waals surface area (Å²) in [6.07, 6.45) is 0. The number of carbonyl (C=O) groups excluding carboxylic acids is 3. The van der Waals surface area contributed by atoms with E-state index >= 15 is 0 Å². The molecule has 1 saturated heterocycles. The summed E-state index contributed by atoms with van der Waals surface area (Å²) >= 11 is 0. The molecule has 8 heteroatoms. The number of esters is 1. The minimum atomic E-state index is -0.530. The Balaban J connectivity index is 1.45. The molecule has 0 aliphatic carbocycles. The molecule has 0 unspecified atom stereocenters. The Morgan fingerprint density at radius 1 is 0.868 bits per heavy atom. The number of anilines is 1. The zero-order chi connectivity index (χ0) is 27.1. The number of rotatable bonds is 8. The van der Waals surface area contributed by atoms with E-state index in [2.05, 4.69) is 10.2 Å². The van der Waals surface area contributed by atoms with Crippen molar-refractivity contribution in [2.75, 3.05) is 51.8 Å². The van der Waals surface area contributed by atoms with Crippen molar-refractivity contribution in [2.24, 2.45) is 0 Å². The molecule has 1 N–H and O–H groups in total. The molecule has 0 aromatic heterocycles. The zero-order valence-electron chi connectivity index (χ0n) is 22.0. The van der Waals surface area contributed by atoms with Crippen molar-refractivity contribution >= 4 is 23.5 Å². The van der Waals surface area contributed by atoms with Gasteiger partial charge in [0.2, 0.25) is 5.91 Å². The third-order valence-electron chi connectivity index (χ3n) is 6.73. The smallest absolute Gasteiger partial charge is 0.339 e. The molecule has 0 radical (unpaired) electrons. The van der Waals surface area contributed by atoms with Gasteiger partial charge in [-0.2, -0.15) is 0 Å². The number of piperazine rings is 1. The van der Waals surface area contributed by atoms with Gasteiger partial charge in [-0.25, -0.2) is 4.79 Å². The maximum atomic E-state index is 13.3. The molecule has 8 nitrogen and oxygen atoms in total. The lowest BCUT2D eigenvalue weighted by atomic mass is 10.0. The number of nitrogens with one attached hydrogen (secondary N) is 1. The van der Waals surface area contributed by atoms with E-state index < -0.39 is 5.97 Å². The van der Waals surface area contributed by atoms with Crippen LogP contribution in [0.2, 0.25) is 0 Å². The Labute approximate surface area is 223 Å². The van der Waals surface area contributed by atoms with E-state index in [0.29, 0.717) is 23.6 Å². The van der Waals surface area contributed by atoms with E-state index in [1.165, 1.54) is 7.11 Å². The first-order chi connectivity index (χ1) is 18.4. The maximum absolute atomic E-state index is 13.3. The molecular formula is C30H33N3O5. The molecule has 3 aromatic carbocycles. The highest BCUT2D eigenvalue weighted by atomic mass is 16.5. The Bertz CT molecular complexity index is 1300. The fourth-order valence-electron chi connectivity index (χ4n) is 4.45.